The van der Waals surface area contributed by atoms with Gasteiger partial charge in [0, 0.05) is 5.54 Å². The van der Waals surface area contributed by atoms with Crippen LogP contribution < -0.4 is 5.32 Å². The third kappa shape index (κ3) is 7.49. The summed E-state index contributed by atoms with van der Waals surface area (Å²) in [5, 5.41) is 3.58. The smallest absolute Gasteiger partial charge is 0.00966 e. The Morgan fingerprint density at radius 3 is 2.45 bits per heavy atom. The van der Waals surface area contributed by atoms with Crippen molar-refractivity contribution in [1.29, 1.82) is 0 Å². The fraction of sp³-hybridized carbons (Fsp3) is 0.579. The number of hydrogen-bond donors (Lipinski definition) is 1. The quantitative estimate of drug-likeness (QED) is 0.775. The molecule has 0 aromatic heterocycles. The average Bonchev–Trinajstić information content (AvgIpc) is 2.34. The second-order valence-electron chi connectivity index (χ2n) is 7.29. The highest BCUT2D eigenvalue weighted by molar-refractivity contribution is 5.50. The monoisotopic (exact) mass is 273 g/mol. The van der Waals surface area contributed by atoms with Crippen LogP contribution in [0, 0.1) is 11.8 Å². The van der Waals surface area contributed by atoms with Crippen molar-refractivity contribution >= 4 is 6.08 Å². The van der Waals surface area contributed by atoms with Gasteiger partial charge in [-0.05, 0) is 56.7 Å². The van der Waals surface area contributed by atoms with E-state index in [9.17, 15) is 0 Å². The lowest BCUT2D eigenvalue weighted by molar-refractivity contribution is 0.381. The van der Waals surface area contributed by atoms with Crippen molar-refractivity contribution in [1.82, 2.24) is 5.32 Å². The molecule has 0 saturated heterocycles. The summed E-state index contributed by atoms with van der Waals surface area (Å²) in [6, 6.07) is 8.90. The highest BCUT2D eigenvalue weighted by Gasteiger charge is 2.11. The third-order valence-electron chi connectivity index (χ3n) is 3.19. The van der Waals surface area contributed by atoms with Gasteiger partial charge in [-0.3, -0.25) is 0 Å². The first-order valence-electron chi connectivity index (χ1n) is 7.78. The maximum absolute atomic E-state index is 3.58. The number of rotatable bonds is 6. The maximum atomic E-state index is 3.58. The van der Waals surface area contributed by atoms with Crippen LogP contribution >= 0.6 is 0 Å². The van der Waals surface area contributed by atoms with Crippen LogP contribution in [0.15, 0.2) is 30.3 Å². The van der Waals surface area contributed by atoms with Gasteiger partial charge >= 0.3 is 0 Å². The third-order valence-corrected chi connectivity index (χ3v) is 3.19. The Morgan fingerprint density at radius 1 is 1.15 bits per heavy atom. The van der Waals surface area contributed by atoms with Gasteiger partial charge in [0.25, 0.3) is 0 Å². The molecule has 0 amide bonds. The van der Waals surface area contributed by atoms with Crippen LogP contribution in [0.2, 0.25) is 0 Å². The molecule has 1 rings (SSSR count). The van der Waals surface area contributed by atoms with Crippen molar-refractivity contribution in [3.63, 3.8) is 0 Å². The normalized spacial score (nSPS) is 14.2. The van der Waals surface area contributed by atoms with E-state index < -0.39 is 0 Å². The van der Waals surface area contributed by atoms with Crippen molar-refractivity contribution in [2.45, 2.75) is 53.5 Å². The summed E-state index contributed by atoms with van der Waals surface area (Å²) in [6.07, 6.45) is 5.61. The van der Waals surface area contributed by atoms with Gasteiger partial charge in [0.15, 0.2) is 0 Å². The van der Waals surface area contributed by atoms with Crippen molar-refractivity contribution in [2.24, 2.45) is 11.8 Å². The van der Waals surface area contributed by atoms with E-state index in [4.69, 9.17) is 0 Å². The lowest BCUT2D eigenvalue weighted by atomic mass is 9.98. The largest absolute Gasteiger partial charge is 0.312 e. The van der Waals surface area contributed by atoms with Crippen LogP contribution in [0.1, 0.15) is 52.7 Å². The molecule has 0 radical (unpaired) electrons. The predicted molar refractivity (Wildman–Crippen MR) is 90.9 cm³/mol. The summed E-state index contributed by atoms with van der Waals surface area (Å²) in [7, 11) is 0. The summed E-state index contributed by atoms with van der Waals surface area (Å²) in [6.45, 7) is 14.5. The van der Waals surface area contributed by atoms with Gasteiger partial charge in [0.1, 0.15) is 0 Å². The van der Waals surface area contributed by atoms with Gasteiger partial charge in [-0.2, -0.15) is 0 Å². The summed E-state index contributed by atoms with van der Waals surface area (Å²) < 4.78 is 0. The van der Waals surface area contributed by atoms with Crippen LogP contribution in [0.5, 0.6) is 0 Å². The van der Waals surface area contributed by atoms with Gasteiger partial charge in [0.2, 0.25) is 0 Å². The Bertz CT molecular complexity index is 424. The van der Waals surface area contributed by atoms with E-state index in [1.807, 2.05) is 0 Å². The zero-order valence-electron chi connectivity index (χ0n) is 14.0. The van der Waals surface area contributed by atoms with E-state index in [0.29, 0.717) is 11.8 Å². The van der Waals surface area contributed by atoms with E-state index in [0.717, 1.165) is 13.0 Å². The van der Waals surface area contributed by atoms with E-state index in [1.54, 1.807) is 0 Å². The van der Waals surface area contributed by atoms with Crippen molar-refractivity contribution < 1.29 is 0 Å². The molecule has 0 aliphatic heterocycles. The Labute approximate surface area is 125 Å². The molecule has 0 unspecified atom stereocenters. The number of benzene rings is 1. The Balaban J connectivity index is 2.57. The van der Waals surface area contributed by atoms with E-state index in [2.05, 4.69) is 83.3 Å². The minimum absolute atomic E-state index is 0.204. The lowest BCUT2D eigenvalue weighted by Crippen LogP contribution is -2.39. The van der Waals surface area contributed by atoms with Gasteiger partial charge in [-0.15, -0.1) is 0 Å². The first-order chi connectivity index (χ1) is 9.26. The first kappa shape index (κ1) is 17.0. The van der Waals surface area contributed by atoms with Crippen LogP contribution in [-0.4, -0.2) is 12.1 Å². The van der Waals surface area contributed by atoms with Crippen molar-refractivity contribution in [3.8, 4) is 0 Å². The topological polar surface area (TPSA) is 12.0 Å². The molecule has 1 aromatic rings. The van der Waals surface area contributed by atoms with Crippen LogP contribution in [-0.2, 0) is 6.42 Å². The lowest BCUT2D eigenvalue weighted by Gasteiger charge is -2.23. The summed E-state index contributed by atoms with van der Waals surface area (Å²) in [4.78, 5) is 0. The number of nitrogens with one attached hydrogen (secondary N) is 1. The zero-order chi connectivity index (χ0) is 15.2. The summed E-state index contributed by atoms with van der Waals surface area (Å²) in [5.41, 5.74) is 2.95. The number of allylic oxidation sites excluding steroid dienone is 1. The molecule has 0 aliphatic carbocycles. The molecule has 1 N–H and O–H groups in total. The molecule has 0 heterocycles. The Morgan fingerprint density at radius 2 is 1.85 bits per heavy atom. The molecule has 1 aromatic carbocycles. The van der Waals surface area contributed by atoms with E-state index in [-0.39, 0.29) is 5.54 Å². The standard InChI is InChI=1S/C19H31N/c1-15(2)10-11-17-8-7-9-18(13-17)12-16(3)14-20-19(4,5)6/h7-11,13,15-16,20H,12,14H2,1-6H3/b11-10+/t16-/m0/s1. The molecule has 0 fully saturated rings. The van der Waals surface area contributed by atoms with Gasteiger partial charge < -0.3 is 5.32 Å². The molecule has 112 valence electrons. The molecule has 0 aliphatic rings. The van der Waals surface area contributed by atoms with Gasteiger partial charge in [0.05, 0.1) is 0 Å². The number of hydrogen-bond acceptors (Lipinski definition) is 1. The molecule has 1 atom stereocenters. The minimum Gasteiger partial charge on any atom is -0.312 e. The van der Waals surface area contributed by atoms with Crippen LogP contribution in [0.25, 0.3) is 6.08 Å². The second kappa shape index (κ2) is 7.64. The van der Waals surface area contributed by atoms with Gasteiger partial charge in [-0.1, -0.05) is 57.2 Å². The Kier molecular flexibility index (Phi) is 6.48. The molecular formula is C19H31N. The van der Waals surface area contributed by atoms with Crippen LogP contribution in [0.3, 0.4) is 0 Å². The molecule has 0 spiro atoms. The summed E-state index contributed by atoms with van der Waals surface area (Å²) in [5.74, 6) is 1.26. The molecule has 1 nitrogen and oxygen atoms in total. The fourth-order valence-corrected chi connectivity index (χ4v) is 2.08. The fourth-order valence-electron chi connectivity index (χ4n) is 2.08. The van der Waals surface area contributed by atoms with Crippen molar-refractivity contribution in [2.75, 3.05) is 6.54 Å². The summed E-state index contributed by atoms with van der Waals surface area (Å²) >= 11 is 0. The minimum atomic E-state index is 0.204. The van der Waals surface area contributed by atoms with E-state index in [1.165, 1.54) is 11.1 Å². The molecule has 0 bridgehead atoms. The average molecular weight is 273 g/mol. The van der Waals surface area contributed by atoms with Crippen molar-refractivity contribution in [3.05, 3.63) is 41.5 Å². The highest BCUT2D eigenvalue weighted by atomic mass is 14.9. The Hall–Kier alpha value is -1.08. The predicted octanol–water partition coefficient (Wildman–Crippen LogP) is 4.92. The van der Waals surface area contributed by atoms with Crippen LogP contribution in [0.4, 0.5) is 0 Å². The molecule has 1 heteroatoms. The molecule has 20 heavy (non-hydrogen) atoms. The first-order valence-corrected chi connectivity index (χ1v) is 7.78. The molecular weight excluding hydrogens is 242 g/mol. The second-order valence-corrected chi connectivity index (χ2v) is 7.29. The van der Waals surface area contributed by atoms with Gasteiger partial charge in [-0.25, -0.2) is 0 Å². The maximum Gasteiger partial charge on any atom is 0.00966 e. The highest BCUT2D eigenvalue weighted by Crippen LogP contribution is 2.13. The SMILES string of the molecule is CC(C)/C=C/c1cccc(C[C@H](C)CNC(C)(C)C)c1. The molecule has 0 saturated carbocycles. The van der Waals surface area contributed by atoms with E-state index >= 15 is 0 Å². The zero-order valence-corrected chi connectivity index (χ0v) is 14.0.